The highest BCUT2D eigenvalue weighted by atomic mass is 16.2. The Morgan fingerprint density at radius 2 is 1.84 bits per heavy atom. The highest BCUT2D eigenvalue weighted by Crippen LogP contribution is 2.42. The normalized spacial score (nSPS) is 12.6. The molecule has 6 heteroatoms. The molecule has 0 saturated carbocycles. The molecule has 31 heavy (non-hydrogen) atoms. The summed E-state index contributed by atoms with van der Waals surface area (Å²) in [6.07, 6.45) is 4.53. The van der Waals surface area contributed by atoms with E-state index in [4.69, 9.17) is 0 Å². The number of nitrogens with zero attached hydrogens (tertiary/aromatic N) is 2. The van der Waals surface area contributed by atoms with E-state index >= 15 is 0 Å². The zero-order valence-corrected chi connectivity index (χ0v) is 18.6. The Morgan fingerprint density at radius 3 is 2.39 bits per heavy atom. The van der Waals surface area contributed by atoms with E-state index in [0.29, 0.717) is 12.0 Å². The number of allylic oxidation sites excluding steroid dienone is 2. The first-order valence-electron chi connectivity index (χ1n) is 10.5. The van der Waals surface area contributed by atoms with E-state index in [-0.39, 0.29) is 18.2 Å². The standard InChI is InChI=1S/C21H25N3O3.C4H6/c1-4-23(5-2)17-11-10-16-20-15(17)7-6-8-18(20)24(21(16)27)14(13-25)9-12-19(26)22-3;1-3-4-2/h6-8,10-11,13-14H,4-5,9,12H2,1-3H3,(H,22,26);3-4H,1-2H2. The maximum absolute atomic E-state index is 13.1. The molecule has 3 rings (SSSR count). The minimum atomic E-state index is -0.662. The first kappa shape index (κ1) is 23.9. The van der Waals surface area contributed by atoms with Crippen LogP contribution in [0.25, 0.3) is 10.8 Å². The smallest absolute Gasteiger partial charge is 0.259 e. The minimum Gasteiger partial charge on any atom is -0.372 e. The van der Waals surface area contributed by atoms with E-state index in [2.05, 4.69) is 37.2 Å². The van der Waals surface area contributed by atoms with Crippen molar-refractivity contribution in [2.75, 3.05) is 29.9 Å². The lowest BCUT2D eigenvalue weighted by atomic mass is 10.0. The summed E-state index contributed by atoms with van der Waals surface area (Å²) in [6, 6.07) is 8.98. The third-order valence-corrected chi connectivity index (χ3v) is 5.41. The summed E-state index contributed by atoms with van der Waals surface area (Å²) in [5.41, 5.74) is 2.45. The number of amides is 2. The number of nitrogens with one attached hydrogen (secondary N) is 1. The summed E-state index contributed by atoms with van der Waals surface area (Å²) in [6.45, 7) is 12.7. The zero-order valence-electron chi connectivity index (χ0n) is 18.6. The number of rotatable bonds is 9. The second kappa shape index (κ2) is 11.1. The lowest BCUT2D eigenvalue weighted by molar-refractivity contribution is -0.120. The van der Waals surface area contributed by atoms with Gasteiger partial charge in [0.25, 0.3) is 5.91 Å². The molecule has 0 fully saturated rings. The van der Waals surface area contributed by atoms with E-state index in [1.165, 1.54) is 0 Å². The molecule has 164 valence electrons. The molecule has 0 radical (unpaired) electrons. The van der Waals surface area contributed by atoms with Crippen molar-refractivity contribution in [3.8, 4) is 0 Å². The fourth-order valence-corrected chi connectivity index (χ4v) is 3.82. The third-order valence-electron chi connectivity index (χ3n) is 5.41. The van der Waals surface area contributed by atoms with Crippen molar-refractivity contribution in [1.82, 2.24) is 5.32 Å². The van der Waals surface area contributed by atoms with Crippen molar-refractivity contribution in [2.45, 2.75) is 32.7 Å². The lowest BCUT2D eigenvalue weighted by Gasteiger charge is -2.25. The third kappa shape index (κ3) is 4.85. The van der Waals surface area contributed by atoms with Crippen LogP contribution in [0.3, 0.4) is 0 Å². The second-order valence-electron chi connectivity index (χ2n) is 7.07. The van der Waals surface area contributed by atoms with Gasteiger partial charge in [-0.2, -0.15) is 0 Å². The van der Waals surface area contributed by atoms with Crippen LogP contribution in [-0.4, -0.2) is 44.3 Å². The SMILES string of the molecule is C=CC=C.CCN(CC)c1ccc2c3c(cccc13)N(C(C=O)CCC(=O)NC)C2=O. The average Bonchev–Trinajstić information content (AvgIpc) is 3.09. The first-order valence-corrected chi connectivity index (χ1v) is 10.5. The summed E-state index contributed by atoms with van der Waals surface area (Å²) in [5, 5.41) is 4.45. The summed E-state index contributed by atoms with van der Waals surface area (Å²) < 4.78 is 0. The number of carbonyl (C=O) groups is 3. The molecule has 6 nitrogen and oxygen atoms in total. The predicted octanol–water partition coefficient (Wildman–Crippen LogP) is 4.10. The summed E-state index contributed by atoms with van der Waals surface area (Å²) in [5.74, 6) is -0.325. The summed E-state index contributed by atoms with van der Waals surface area (Å²) in [7, 11) is 1.56. The summed E-state index contributed by atoms with van der Waals surface area (Å²) in [4.78, 5) is 40.2. The van der Waals surface area contributed by atoms with Crippen LogP contribution in [0.1, 0.15) is 37.0 Å². The first-order chi connectivity index (χ1) is 15.0. The molecule has 2 amide bonds. The molecule has 2 aromatic rings. The maximum Gasteiger partial charge on any atom is 0.259 e. The average molecular weight is 422 g/mol. The van der Waals surface area contributed by atoms with Gasteiger partial charge in [-0.05, 0) is 38.5 Å². The van der Waals surface area contributed by atoms with E-state index in [1.54, 1.807) is 24.1 Å². The van der Waals surface area contributed by atoms with E-state index in [9.17, 15) is 14.4 Å². The molecule has 0 saturated heterocycles. The van der Waals surface area contributed by atoms with Crippen LogP contribution in [0, 0.1) is 0 Å². The molecule has 0 aromatic heterocycles. The monoisotopic (exact) mass is 421 g/mol. The maximum atomic E-state index is 13.1. The van der Waals surface area contributed by atoms with Gasteiger partial charge in [-0.1, -0.05) is 37.4 Å². The lowest BCUT2D eigenvalue weighted by Crippen LogP contribution is -2.39. The Kier molecular flexibility index (Phi) is 8.55. The van der Waals surface area contributed by atoms with E-state index in [0.717, 1.165) is 41.5 Å². The Bertz CT molecular complexity index is 973. The zero-order chi connectivity index (χ0) is 23.0. The van der Waals surface area contributed by atoms with Gasteiger partial charge in [-0.25, -0.2) is 0 Å². The number of anilines is 2. The van der Waals surface area contributed by atoms with Crippen molar-refractivity contribution in [1.29, 1.82) is 0 Å². The molecule has 1 heterocycles. The van der Waals surface area contributed by atoms with Gasteiger partial charge in [0, 0.05) is 43.0 Å². The molecule has 0 spiro atoms. The quantitative estimate of drug-likeness (QED) is 0.489. The second-order valence-corrected chi connectivity index (χ2v) is 7.07. The van der Waals surface area contributed by atoms with Gasteiger partial charge in [-0.15, -0.1) is 0 Å². The number of carbonyl (C=O) groups excluding carboxylic acids is 3. The summed E-state index contributed by atoms with van der Waals surface area (Å²) >= 11 is 0. The van der Waals surface area contributed by atoms with Crippen LogP contribution in [0.15, 0.2) is 55.6 Å². The van der Waals surface area contributed by atoms with Gasteiger partial charge < -0.3 is 15.0 Å². The van der Waals surface area contributed by atoms with Crippen molar-refractivity contribution >= 4 is 40.2 Å². The fourth-order valence-electron chi connectivity index (χ4n) is 3.82. The molecular weight excluding hydrogens is 390 g/mol. The Hall–Kier alpha value is -3.41. The Morgan fingerprint density at radius 1 is 1.16 bits per heavy atom. The molecule has 1 aliphatic rings. The molecule has 0 bridgehead atoms. The van der Waals surface area contributed by atoms with Gasteiger partial charge in [0.15, 0.2) is 0 Å². The van der Waals surface area contributed by atoms with Gasteiger partial charge in [0.05, 0.1) is 17.3 Å². The minimum absolute atomic E-state index is 0.145. The largest absolute Gasteiger partial charge is 0.372 e. The number of benzene rings is 2. The van der Waals surface area contributed by atoms with Gasteiger partial charge >= 0.3 is 0 Å². The number of aldehydes is 1. The molecule has 0 aliphatic carbocycles. The van der Waals surface area contributed by atoms with E-state index < -0.39 is 6.04 Å². The highest BCUT2D eigenvalue weighted by molar-refractivity contribution is 6.27. The Balaban J connectivity index is 0.000000785. The van der Waals surface area contributed by atoms with Crippen LogP contribution in [0.4, 0.5) is 11.4 Å². The fraction of sp³-hybridized carbons (Fsp3) is 0.320. The van der Waals surface area contributed by atoms with Crippen LogP contribution >= 0.6 is 0 Å². The molecule has 1 unspecified atom stereocenters. The molecule has 1 N–H and O–H groups in total. The predicted molar refractivity (Wildman–Crippen MR) is 128 cm³/mol. The number of hydrogen-bond acceptors (Lipinski definition) is 4. The highest BCUT2D eigenvalue weighted by Gasteiger charge is 2.35. The topological polar surface area (TPSA) is 69.7 Å². The van der Waals surface area contributed by atoms with Crippen LogP contribution in [-0.2, 0) is 9.59 Å². The molecule has 1 atom stereocenters. The van der Waals surface area contributed by atoms with Crippen molar-refractivity contribution in [3.05, 3.63) is 61.2 Å². The van der Waals surface area contributed by atoms with Gasteiger partial charge in [-0.3, -0.25) is 14.5 Å². The van der Waals surface area contributed by atoms with Crippen molar-refractivity contribution < 1.29 is 14.4 Å². The van der Waals surface area contributed by atoms with Crippen molar-refractivity contribution in [3.63, 3.8) is 0 Å². The molecule has 1 aliphatic heterocycles. The molecular formula is C25H31N3O3. The van der Waals surface area contributed by atoms with E-state index in [1.807, 2.05) is 30.3 Å². The Labute approximate surface area is 184 Å². The number of hydrogen-bond donors (Lipinski definition) is 1. The molecule has 2 aromatic carbocycles. The van der Waals surface area contributed by atoms with Gasteiger partial charge in [0.2, 0.25) is 5.91 Å². The van der Waals surface area contributed by atoms with Crippen molar-refractivity contribution in [2.24, 2.45) is 0 Å². The van der Waals surface area contributed by atoms with Crippen LogP contribution in [0.5, 0.6) is 0 Å². The van der Waals surface area contributed by atoms with Gasteiger partial charge in [0.1, 0.15) is 6.29 Å². The van der Waals surface area contributed by atoms with Crippen LogP contribution in [0.2, 0.25) is 0 Å². The van der Waals surface area contributed by atoms with Crippen LogP contribution < -0.4 is 15.1 Å².